The van der Waals surface area contributed by atoms with Crippen molar-refractivity contribution in [3.63, 3.8) is 0 Å². The van der Waals surface area contributed by atoms with Gasteiger partial charge in [0.1, 0.15) is 0 Å². The van der Waals surface area contributed by atoms with Gasteiger partial charge in [-0.2, -0.15) is 0 Å². The summed E-state index contributed by atoms with van der Waals surface area (Å²) in [5.74, 6) is 0. The number of nitrogens with one attached hydrogen (secondary N) is 1. The minimum absolute atomic E-state index is 0.876. The van der Waals surface area contributed by atoms with Crippen LogP contribution in [0.2, 0.25) is 0 Å². The summed E-state index contributed by atoms with van der Waals surface area (Å²) in [6, 6.07) is 21.1. The lowest BCUT2D eigenvalue weighted by molar-refractivity contribution is 1.17. The van der Waals surface area contributed by atoms with Gasteiger partial charge in [0.25, 0.3) is 0 Å². The molecule has 0 bridgehead atoms. The first kappa shape index (κ1) is 13.0. The number of benzene rings is 3. The first-order valence-corrected chi connectivity index (χ1v) is 7.66. The van der Waals surface area contributed by atoms with Gasteiger partial charge in [0, 0.05) is 27.5 Å². The van der Waals surface area contributed by atoms with E-state index in [1.165, 1.54) is 27.5 Å². The van der Waals surface area contributed by atoms with Gasteiger partial charge >= 0.3 is 0 Å². The van der Waals surface area contributed by atoms with E-state index in [9.17, 15) is 0 Å². The summed E-state index contributed by atoms with van der Waals surface area (Å²) < 4.78 is 0. The molecule has 0 amide bonds. The number of rotatable bonds is 2. The Bertz CT molecular complexity index is 965. The first-order valence-electron chi connectivity index (χ1n) is 7.66. The number of aryl methyl sites for hydroxylation is 1. The Morgan fingerprint density at radius 2 is 1.64 bits per heavy atom. The number of hydrogen-bond donors (Lipinski definition) is 2. The van der Waals surface area contributed by atoms with Crippen molar-refractivity contribution in [2.24, 2.45) is 0 Å². The van der Waals surface area contributed by atoms with Gasteiger partial charge in [-0.25, -0.2) is 0 Å². The molecule has 0 unspecified atom stereocenters. The number of H-pyrrole nitrogens is 1. The Balaban J connectivity index is 2.06. The number of aromatic nitrogens is 1. The molecule has 0 saturated heterocycles. The fourth-order valence-corrected chi connectivity index (χ4v) is 3.27. The van der Waals surface area contributed by atoms with Crippen LogP contribution in [0.4, 0.5) is 5.69 Å². The van der Waals surface area contributed by atoms with E-state index in [0.717, 1.165) is 23.1 Å². The molecule has 4 aromatic rings. The van der Waals surface area contributed by atoms with Crippen molar-refractivity contribution in [2.45, 2.75) is 13.3 Å². The Morgan fingerprint density at radius 1 is 0.864 bits per heavy atom. The van der Waals surface area contributed by atoms with Gasteiger partial charge in [0.2, 0.25) is 0 Å². The molecule has 0 saturated carbocycles. The first-order chi connectivity index (χ1) is 10.8. The summed E-state index contributed by atoms with van der Waals surface area (Å²) in [4.78, 5) is 3.50. The molecule has 1 heterocycles. The van der Waals surface area contributed by atoms with Crippen LogP contribution in [0.25, 0.3) is 32.9 Å². The SMILES string of the molecule is CCc1c(N)ccc2[nH]c3ccc(-c4ccccc4)cc3c12. The topological polar surface area (TPSA) is 41.8 Å². The molecule has 0 aliphatic carbocycles. The number of anilines is 1. The van der Waals surface area contributed by atoms with E-state index >= 15 is 0 Å². The second kappa shape index (κ2) is 4.92. The van der Waals surface area contributed by atoms with E-state index in [0.29, 0.717) is 0 Å². The minimum atomic E-state index is 0.876. The summed E-state index contributed by atoms with van der Waals surface area (Å²) in [5, 5.41) is 2.51. The maximum absolute atomic E-state index is 6.18. The molecule has 0 aliphatic rings. The molecule has 0 spiro atoms. The van der Waals surface area contributed by atoms with E-state index in [1.807, 2.05) is 12.1 Å². The van der Waals surface area contributed by atoms with Crippen LogP contribution in [0.1, 0.15) is 12.5 Å². The molecular weight excluding hydrogens is 268 g/mol. The Kier molecular flexibility index (Phi) is 2.90. The molecule has 2 heteroatoms. The van der Waals surface area contributed by atoms with E-state index in [-0.39, 0.29) is 0 Å². The van der Waals surface area contributed by atoms with Gasteiger partial charge < -0.3 is 10.7 Å². The van der Waals surface area contributed by atoms with Crippen LogP contribution in [0.3, 0.4) is 0 Å². The average molecular weight is 286 g/mol. The average Bonchev–Trinajstić information content (AvgIpc) is 2.93. The normalized spacial score (nSPS) is 11.3. The maximum Gasteiger partial charge on any atom is 0.0469 e. The lowest BCUT2D eigenvalue weighted by atomic mass is 9.99. The lowest BCUT2D eigenvalue weighted by Crippen LogP contribution is -1.93. The molecule has 3 aromatic carbocycles. The highest BCUT2D eigenvalue weighted by Gasteiger charge is 2.11. The van der Waals surface area contributed by atoms with Crippen molar-refractivity contribution in [3.05, 3.63) is 66.2 Å². The van der Waals surface area contributed by atoms with Crippen LogP contribution in [0, 0.1) is 0 Å². The molecule has 0 radical (unpaired) electrons. The van der Waals surface area contributed by atoms with Crippen LogP contribution >= 0.6 is 0 Å². The molecule has 1 aromatic heterocycles. The van der Waals surface area contributed by atoms with Crippen molar-refractivity contribution >= 4 is 27.5 Å². The lowest BCUT2D eigenvalue weighted by Gasteiger charge is -2.06. The molecule has 108 valence electrons. The summed E-state index contributed by atoms with van der Waals surface area (Å²) in [6.07, 6.45) is 0.936. The van der Waals surface area contributed by atoms with Crippen molar-refractivity contribution in [1.29, 1.82) is 0 Å². The molecule has 0 fully saturated rings. The van der Waals surface area contributed by atoms with Crippen molar-refractivity contribution < 1.29 is 0 Å². The van der Waals surface area contributed by atoms with Crippen LogP contribution in [-0.2, 0) is 6.42 Å². The second-order valence-corrected chi connectivity index (χ2v) is 5.66. The maximum atomic E-state index is 6.18. The van der Waals surface area contributed by atoms with Crippen molar-refractivity contribution in [3.8, 4) is 11.1 Å². The summed E-state index contributed by atoms with van der Waals surface area (Å²) in [6.45, 7) is 2.16. The van der Waals surface area contributed by atoms with Crippen molar-refractivity contribution in [1.82, 2.24) is 4.98 Å². The number of hydrogen-bond acceptors (Lipinski definition) is 1. The van der Waals surface area contributed by atoms with Crippen molar-refractivity contribution in [2.75, 3.05) is 5.73 Å². The number of fused-ring (bicyclic) bond motifs is 3. The van der Waals surface area contributed by atoms with E-state index in [1.54, 1.807) is 0 Å². The molecule has 4 rings (SSSR count). The third kappa shape index (κ3) is 1.88. The second-order valence-electron chi connectivity index (χ2n) is 5.66. The fourth-order valence-electron chi connectivity index (χ4n) is 3.27. The molecule has 22 heavy (non-hydrogen) atoms. The van der Waals surface area contributed by atoms with Crippen LogP contribution in [-0.4, -0.2) is 4.98 Å². The minimum Gasteiger partial charge on any atom is -0.398 e. The van der Waals surface area contributed by atoms with Crippen LogP contribution < -0.4 is 5.73 Å². The molecule has 0 aliphatic heterocycles. The Labute approximate surface area is 129 Å². The van der Waals surface area contributed by atoms with E-state index in [4.69, 9.17) is 5.73 Å². The standard InChI is InChI=1S/C20H18N2/c1-2-15-17(21)9-11-19-20(15)16-12-14(8-10-18(16)22-19)13-6-4-3-5-7-13/h3-12,22H,2,21H2,1H3. The predicted octanol–water partition coefficient (Wildman–Crippen LogP) is 5.13. The van der Waals surface area contributed by atoms with Gasteiger partial charge in [-0.3, -0.25) is 0 Å². The monoisotopic (exact) mass is 286 g/mol. The van der Waals surface area contributed by atoms with Gasteiger partial charge in [-0.15, -0.1) is 0 Å². The largest absolute Gasteiger partial charge is 0.398 e. The quantitative estimate of drug-likeness (QED) is 0.493. The van der Waals surface area contributed by atoms with Crippen LogP contribution in [0.15, 0.2) is 60.7 Å². The highest BCUT2D eigenvalue weighted by Crippen LogP contribution is 2.34. The van der Waals surface area contributed by atoms with Gasteiger partial charge in [-0.05, 0) is 47.4 Å². The fraction of sp³-hybridized carbons (Fsp3) is 0.100. The molecule has 0 atom stereocenters. The highest BCUT2D eigenvalue weighted by molar-refractivity contribution is 6.11. The number of nitrogens with two attached hydrogens (primary N) is 1. The van der Waals surface area contributed by atoms with E-state index < -0.39 is 0 Å². The number of aromatic amines is 1. The third-order valence-electron chi connectivity index (χ3n) is 4.37. The predicted molar refractivity (Wildman–Crippen MR) is 95.0 cm³/mol. The highest BCUT2D eigenvalue weighted by atomic mass is 14.7. The number of nitrogen functional groups attached to an aromatic ring is 1. The zero-order chi connectivity index (χ0) is 15.1. The molecular formula is C20H18N2. The smallest absolute Gasteiger partial charge is 0.0469 e. The third-order valence-corrected chi connectivity index (χ3v) is 4.37. The van der Waals surface area contributed by atoms with Gasteiger partial charge in [-0.1, -0.05) is 43.3 Å². The summed E-state index contributed by atoms with van der Waals surface area (Å²) in [7, 11) is 0. The van der Waals surface area contributed by atoms with Gasteiger partial charge in [0.05, 0.1) is 0 Å². The summed E-state index contributed by atoms with van der Waals surface area (Å²) >= 11 is 0. The zero-order valence-electron chi connectivity index (χ0n) is 12.6. The molecule has 2 nitrogen and oxygen atoms in total. The zero-order valence-corrected chi connectivity index (χ0v) is 12.6. The van der Waals surface area contributed by atoms with E-state index in [2.05, 4.69) is 60.4 Å². The van der Waals surface area contributed by atoms with Crippen LogP contribution in [0.5, 0.6) is 0 Å². The Hall–Kier alpha value is -2.74. The van der Waals surface area contributed by atoms with Gasteiger partial charge in [0.15, 0.2) is 0 Å². The Morgan fingerprint density at radius 3 is 2.41 bits per heavy atom. The summed E-state index contributed by atoms with van der Waals surface area (Å²) in [5.41, 5.74) is 13.1. The molecule has 3 N–H and O–H groups in total.